The van der Waals surface area contributed by atoms with Crippen molar-refractivity contribution in [1.29, 1.82) is 0 Å². The summed E-state index contributed by atoms with van der Waals surface area (Å²) in [5, 5.41) is 4.55. The number of aryl methyl sites for hydroxylation is 1. The van der Waals surface area contributed by atoms with Crippen molar-refractivity contribution in [2.75, 3.05) is 26.2 Å². The quantitative estimate of drug-likeness (QED) is 0.739. The number of aromatic nitrogens is 2. The summed E-state index contributed by atoms with van der Waals surface area (Å²) in [6.07, 6.45) is 0.990. The van der Waals surface area contributed by atoms with Gasteiger partial charge >= 0.3 is 0 Å². The smallest absolute Gasteiger partial charge is 0.272 e. The Morgan fingerprint density at radius 1 is 1.15 bits per heavy atom. The summed E-state index contributed by atoms with van der Waals surface area (Å²) in [4.78, 5) is 17.5. The average molecular weight is 433 g/mol. The maximum absolute atomic E-state index is 13.1. The first-order valence-electron chi connectivity index (χ1n) is 9.54. The summed E-state index contributed by atoms with van der Waals surface area (Å²) in [5.74, 6) is 0.0878. The third kappa shape index (κ3) is 4.99. The van der Waals surface area contributed by atoms with Crippen LogP contribution in [0.3, 0.4) is 0 Å². The van der Waals surface area contributed by atoms with E-state index in [0.717, 1.165) is 49.3 Å². The summed E-state index contributed by atoms with van der Waals surface area (Å²) in [6, 6.07) is 10.4. The largest absolute Gasteiger partial charge is 0.336 e. The number of amides is 1. The Hall–Kier alpha value is -1.66. The Bertz CT molecular complexity index is 809. The van der Waals surface area contributed by atoms with Crippen molar-refractivity contribution in [2.45, 2.75) is 39.2 Å². The number of hydrogen-bond acceptors (Lipinski definition) is 3. The van der Waals surface area contributed by atoms with Crippen LogP contribution in [-0.2, 0) is 19.0 Å². The number of benzene rings is 1. The monoisotopic (exact) mass is 432 g/mol. The lowest BCUT2D eigenvalue weighted by molar-refractivity contribution is 0.0750. The van der Waals surface area contributed by atoms with Gasteiger partial charge in [0.15, 0.2) is 0 Å². The van der Waals surface area contributed by atoms with Crippen LogP contribution >= 0.6 is 15.9 Å². The van der Waals surface area contributed by atoms with E-state index in [1.807, 2.05) is 24.1 Å². The van der Waals surface area contributed by atoms with E-state index in [0.29, 0.717) is 5.69 Å². The molecule has 1 saturated heterocycles. The molecule has 0 aliphatic carbocycles. The second-order valence-corrected chi connectivity index (χ2v) is 9.26. The van der Waals surface area contributed by atoms with E-state index < -0.39 is 0 Å². The molecule has 0 bridgehead atoms. The van der Waals surface area contributed by atoms with Crippen molar-refractivity contribution in [3.63, 3.8) is 0 Å². The molecular formula is C21H29BrN4O. The first-order valence-corrected chi connectivity index (χ1v) is 10.3. The summed E-state index contributed by atoms with van der Waals surface area (Å²) in [5.41, 5.74) is 2.88. The summed E-state index contributed by atoms with van der Waals surface area (Å²) < 4.78 is 2.84. The van der Waals surface area contributed by atoms with Crippen LogP contribution < -0.4 is 0 Å². The molecule has 6 heteroatoms. The molecule has 3 rings (SSSR count). The fourth-order valence-electron chi connectivity index (χ4n) is 3.42. The number of halogens is 1. The highest BCUT2D eigenvalue weighted by molar-refractivity contribution is 9.10. The lowest BCUT2D eigenvalue weighted by atomic mass is 9.92. The first kappa shape index (κ1) is 20.1. The highest BCUT2D eigenvalue weighted by Gasteiger charge is 2.26. The van der Waals surface area contributed by atoms with Gasteiger partial charge in [0.25, 0.3) is 5.91 Å². The normalized spacial score (nSPS) is 16.4. The van der Waals surface area contributed by atoms with Gasteiger partial charge in [0, 0.05) is 49.7 Å². The molecule has 0 spiro atoms. The van der Waals surface area contributed by atoms with Crippen LogP contribution in [0.4, 0.5) is 0 Å². The van der Waals surface area contributed by atoms with Crippen molar-refractivity contribution < 1.29 is 4.79 Å². The van der Waals surface area contributed by atoms with Gasteiger partial charge in [0.2, 0.25) is 0 Å². The maximum Gasteiger partial charge on any atom is 0.272 e. The average Bonchev–Trinajstić information content (AvgIpc) is 2.84. The Morgan fingerprint density at radius 2 is 1.93 bits per heavy atom. The number of hydrogen-bond donors (Lipinski definition) is 0. The second kappa shape index (κ2) is 8.15. The molecular weight excluding hydrogens is 404 g/mol. The van der Waals surface area contributed by atoms with Crippen LogP contribution in [0.25, 0.3) is 0 Å². The van der Waals surface area contributed by atoms with Gasteiger partial charge in [-0.25, -0.2) is 0 Å². The van der Waals surface area contributed by atoms with E-state index in [1.54, 1.807) is 4.68 Å². The third-order valence-corrected chi connectivity index (χ3v) is 5.53. The molecule has 0 radical (unpaired) electrons. The molecule has 1 aromatic heterocycles. The van der Waals surface area contributed by atoms with Gasteiger partial charge in [0.05, 0.1) is 5.69 Å². The van der Waals surface area contributed by atoms with Crippen LogP contribution in [0.15, 0.2) is 34.8 Å². The molecule has 2 heterocycles. The standard InChI is InChI=1S/C21H29BrN4O/c1-21(2,3)19-14-18(24(4)23-19)20(27)26-10-6-9-25(11-12-26)15-16-7-5-8-17(22)13-16/h5,7-8,13-14H,6,9-12,15H2,1-4H3. The Labute approximate surface area is 170 Å². The first-order chi connectivity index (χ1) is 12.7. The third-order valence-electron chi connectivity index (χ3n) is 5.04. The van der Waals surface area contributed by atoms with Crippen molar-refractivity contribution >= 4 is 21.8 Å². The van der Waals surface area contributed by atoms with E-state index in [1.165, 1.54) is 5.56 Å². The van der Waals surface area contributed by atoms with Crippen molar-refractivity contribution in [3.8, 4) is 0 Å². The molecule has 0 N–H and O–H groups in total. The fourth-order valence-corrected chi connectivity index (χ4v) is 3.87. The molecule has 1 aromatic carbocycles. The molecule has 0 unspecified atom stereocenters. The topological polar surface area (TPSA) is 41.4 Å². The molecule has 1 amide bonds. The van der Waals surface area contributed by atoms with Crippen LogP contribution in [0.5, 0.6) is 0 Å². The molecule has 1 aliphatic heterocycles. The molecule has 2 aromatic rings. The van der Waals surface area contributed by atoms with Crippen molar-refractivity contribution in [1.82, 2.24) is 19.6 Å². The molecule has 5 nitrogen and oxygen atoms in total. The van der Waals surface area contributed by atoms with Gasteiger partial charge in [-0.1, -0.05) is 48.8 Å². The molecule has 1 aliphatic rings. The van der Waals surface area contributed by atoms with E-state index in [2.05, 4.69) is 64.9 Å². The lowest BCUT2D eigenvalue weighted by Crippen LogP contribution is -2.36. The van der Waals surface area contributed by atoms with Crippen molar-refractivity contribution in [2.24, 2.45) is 7.05 Å². The zero-order valence-corrected chi connectivity index (χ0v) is 18.3. The minimum Gasteiger partial charge on any atom is -0.336 e. The maximum atomic E-state index is 13.1. The Morgan fingerprint density at radius 3 is 2.59 bits per heavy atom. The highest BCUT2D eigenvalue weighted by atomic mass is 79.9. The summed E-state index contributed by atoms with van der Waals surface area (Å²) in [7, 11) is 1.86. The van der Waals surface area contributed by atoms with Crippen molar-refractivity contribution in [3.05, 3.63) is 51.8 Å². The van der Waals surface area contributed by atoms with E-state index in [4.69, 9.17) is 0 Å². The lowest BCUT2D eigenvalue weighted by Gasteiger charge is -2.22. The molecule has 1 fully saturated rings. The van der Waals surface area contributed by atoms with Crippen LogP contribution in [-0.4, -0.2) is 51.7 Å². The SMILES string of the molecule is Cn1nc(C(C)(C)C)cc1C(=O)N1CCCN(Cc2cccc(Br)c2)CC1. The number of carbonyl (C=O) groups excluding carboxylic acids is 1. The Kier molecular flexibility index (Phi) is 6.06. The second-order valence-electron chi connectivity index (χ2n) is 8.34. The highest BCUT2D eigenvalue weighted by Crippen LogP contribution is 2.22. The van der Waals surface area contributed by atoms with Gasteiger partial charge in [-0.2, -0.15) is 5.10 Å². The number of rotatable bonds is 3. The molecule has 0 saturated carbocycles. The van der Waals surface area contributed by atoms with E-state index in [-0.39, 0.29) is 11.3 Å². The predicted octanol–water partition coefficient (Wildman–Crippen LogP) is 3.83. The minimum absolute atomic E-state index is 0.0597. The zero-order valence-electron chi connectivity index (χ0n) is 16.7. The van der Waals surface area contributed by atoms with Gasteiger partial charge in [-0.3, -0.25) is 14.4 Å². The van der Waals surface area contributed by atoms with Gasteiger partial charge in [-0.15, -0.1) is 0 Å². The Balaban J connectivity index is 1.65. The zero-order chi connectivity index (χ0) is 19.6. The number of carbonyl (C=O) groups is 1. The van der Waals surface area contributed by atoms with Crippen LogP contribution in [0.1, 0.15) is 48.9 Å². The molecule has 146 valence electrons. The number of nitrogens with zero attached hydrogens (tertiary/aromatic N) is 4. The fraction of sp³-hybridized carbons (Fsp3) is 0.524. The van der Waals surface area contributed by atoms with Crippen LogP contribution in [0.2, 0.25) is 0 Å². The molecule has 27 heavy (non-hydrogen) atoms. The van der Waals surface area contributed by atoms with Crippen LogP contribution in [0, 0.1) is 0 Å². The summed E-state index contributed by atoms with van der Waals surface area (Å²) >= 11 is 3.54. The van der Waals surface area contributed by atoms with E-state index in [9.17, 15) is 4.79 Å². The summed E-state index contributed by atoms with van der Waals surface area (Å²) in [6.45, 7) is 10.7. The minimum atomic E-state index is -0.0597. The van der Waals surface area contributed by atoms with Gasteiger partial charge in [0.1, 0.15) is 5.69 Å². The van der Waals surface area contributed by atoms with Gasteiger partial charge in [-0.05, 0) is 30.2 Å². The van der Waals surface area contributed by atoms with Gasteiger partial charge < -0.3 is 4.90 Å². The van der Waals surface area contributed by atoms with E-state index >= 15 is 0 Å². The molecule has 0 atom stereocenters. The predicted molar refractivity (Wildman–Crippen MR) is 112 cm³/mol.